The predicted octanol–water partition coefficient (Wildman–Crippen LogP) is 1.12. The van der Waals surface area contributed by atoms with Gasteiger partial charge in [-0.05, 0) is 25.0 Å². The number of fused-ring (bicyclic) bond motifs is 1. The summed E-state index contributed by atoms with van der Waals surface area (Å²) in [6, 6.07) is 4.98. The van der Waals surface area contributed by atoms with Crippen molar-refractivity contribution >= 4 is 5.65 Å². The molecule has 2 aliphatic heterocycles. The lowest BCUT2D eigenvalue weighted by Crippen LogP contribution is -2.49. The van der Waals surface area contributed by atoms with Crippen LogP contribution in [0, 0.1) is 6.92 Å². The van der Waals surface area contributed by atoms with Crippen molar-refractivity contribution < 1.29 is 0 Å². The summed E-state index contributed by atoms with van der Waals surface area (Å²) < 4.78 is 2.24. The summed E-state index contributed by atoms with van der Waals surface area (Å²) >= 11 is 0. The van der Waals surface area contributed by atoms with E-state index in [-0.39, 0.29) is 0 Å². The maximum atomic E-state index is 4.59. The third kappa shape index (κ3) is 2.64. The SMILES string of the molecule is Cc1cccn2c(CN3CCC(N4CCNCC4)C3)cnc12. The summed E-state index contributed by atoms with van der Waals surface area (Å²) in [5, 5.41) is 3.44. The van der Waals surface area contributed by atoms with Crippen molar-refractivity contribution in [1.82, 2.24) is 24.5 Å². The van der Waals surface area contributed by atoms with E-state index in [1.165, 1.54) is 43.9 Å². The molecule has 5 heteroatoms. The first-order valence-corrected chi connectivity index (χ1v) is 8.40. The van der Waals surface area contributed by atoms with Crippen LogP contribution in [0.4, 0.5) is 0 Å². The zero-order chi connectivity index (χ0) is 14.9. The number of nitrogens with one attached hydrogen (secondary N) is 1. The van der Waals surface area contributed by atoms with Crippen molar-refractivity contribution in [3.8, 4) is 0 Å². The monoisotopic (exact) mass is 299 g/mol. The van der Waals surface area contributed by atoms with Gasteiger partial charge in [-0.25, -0.2) is 4.98 Å². The van der Waals surface area contributed by atoms with Crippen LogP contribution in [0.15, 0.2) is 24.5 Å². The van der Waals surface area contributed by atoms with Crippen LogP contribution in [0.3, 0.4) is 0 Å². The van der Waals surface area contributed by atoms with Crippen LogP contribution in [-0.4, -0.2) is 64.5 Å². The molecule has 0 bridgehead atoms. The summed E-state index contributed by atoms with van der Waals surface area (Å²) in [5.74, 6) is 0. The molecule has 1 unspecified atom stereocenters. The molecule has 2 fully saturated rings. The largest absolute Gasteiger partial charge is 0.314 e. The second-order valence-electron chi connectivity index (χ2n) is 6.60. The molecule has 0 saturated carbocycles. The number of hydrogen-bond acceptors (Lipinski definition) is 4. The van der Waals surface area contributed by atoms with E-state index in [0.29, 0.717) is 0 Å². The average Bonchev–Trinajstić information content (AvgIpc) is 3.17. The highest BCUT2D eigenvalue weighted by Crippen LogP contribution is 2.19. The molecule has 4 rings (SSSR count). The van der Waals surface area contributed by atoms with E-state index >= 15 is 0 Å². The van der Waals surface area contributed by atoms with Gasteiger partial charge in [-0.3, -0.25) is 9.80 Å². The van der Waals surface area contributed by atoms with Crippen LogP contribution in [-0.2, 0) is 6.54 Å². The Morgan fingerprint density at radius 3 is 3.00 bits per heavy atom. The Morgan fingerprint density at radius 2 is 2.14 bits per heavy atom. The molecule has 5 nitrogen and oxygen atoms in total. The number of imidazole rings is 1. The topological polar surface area (TPSA) is 35.8 Å². The summed E-state index contributed by atoms with van der Waals surface area (Å²) in [5.41, 5.74) is 3.64. The van der Waals surface area contributed by atoms with Crippen molar-refractivity contribution in [2.24, 2.45) is 0 Å². The van der Waals surface area contributed by atoms with Gasteiger partial charge in [0.2, 0.25) is 0 Å². The van der Waals surface area contributed by atoms with Crippen LogP contribution in [0.25, 0.3) is 5.65 Å². The summed E-state index contributed by atoms with van der Waals surface area (Å²) in [6.07, 6.45) is 5.48. The van der Waals surface area contributed by atoms with Crippen LogP contribution in [0.2, 0.25) is 0 Å². The Labute approximate surface area is 131 Å². The molecule has 2 saturated heterocycles. The third-order valence-electron chi connectivity index (χ3n) is 5.11. The maximum absolute atomic E-state index is 4.59. The van der Waals surface area contributed by atoms with E-state index in [1.807, 2.05) is 6.20 Å². The first kappa shape index (κ1) is 14.2. The smallest absolute Gasteiger partial charge is 0.139 e. The highest BCUT2D eigenvalue weighted by atomic mass is 15.3. The van der Waals surface area contributed by atoms with E-state index in [9.17, 15) is 0 Å². The van der Waals surface area contributed by atoms with Gasteiger partial charge < -0.3 is 9.72 Å². The van der Waals surface area contributed by atoms with Crippen LogP contribution >= 0.6 is 0 Å². The molecule has 4 heterocycles. The molecule has 1 N–H and O–H groups in total. The van der Waals surface area contributed by atoms with Gasteiger partial charge in [0.1, 0.15) is 5.65 Å². The van der Waals surface area contributed by atoms with E-state index in [4.69, 9.17) is 0 Å². The summed E-state index contributed by atoms with van der Waals surface area (Å²) in [6.45, 7) is 10.2. The first-order valence-electron chi connectivity index (χ1n) is 8.40. The Bertz CT molecular complexity index is 644. The molecule has 0 amide bonds. The minimum absolute atomic E-state index is 0.739. The molecular formula is C17H25N5. The van der Waals surface area contributed by atoms with Gasteiger partial charge in [0.25, 0.3) is 0 Å². The third-order valence-corrected chi connectivity index (χ3v) is 5.11. The molecule has 2 aromatic rings. The number of nitrogens with zero attached hydrogens (tertiary/aromatic N) is 4. The number of hydrogen-bond donors (Lipinski definition) is 1. The van der Waals surface area contributed by atoms with E-state index in [1.54, 1.807) is 0 Å². The molecule has 0 aliphatic carbocycles. The van der Waals surface area contributed by atoms with Crippen molar-refractivity contribution in [3.63, 3.8) is 0 Å². The minimum atomic E-state index is 0.739. The number of likely N-dealkylation sites (tertiary alicyclic amines) is 1. The normalized spacial score (nSPS) is 24.3. The van der Waals surface area contributed by atoms with Crippen LogP contribution in [0.5, 0.6) is 0 Å². The van der Waals surface area contributed by atoms with Crippen LogP contribution in [0.1, 0.15) is 17.7 Å². The predicted molar refractivity (Wildman–Crippen MR) is 88.1 cm³/mol. The fourth-order valence-electron chi connectivity index (χ4n) is 3.85. The molecule has 1 atom stereocenters. The van der Waals surface area contributed by atoms with E-state index in [2.05, 4.69) is 49.8 Å². The van der Waals surface area contributed by atoms with Gasteiger partial charge in [0, 0.05) is 58.1 Å². The molecule has 22 heavy (non-hydrogen) atoms. The summed E-state index contributed by atoms with van der Waals surface area (Å²) in [4.78, 5) is 9.83. The quantitative estimate of drug-likeness (QED) is 0.921. The lowest BCUT2D eigenvalue weighted by atomic mass is 10.2. The van der Waals surface area contributed by atoms with E-state index < -0.39 is 0 Å². The van der Waals surface area contributed by atoms with Crippen molar-refractivity contribution in [2.45, 2.75) is 25.9 Å². The number of aromatic nitrogens is 2. The zero-order valence-corrected chi connectivity index (χ0v) is 13.3. The lowest BCUT2D eigenvalue weighted by Gasteiger charge is -2.32. The number of piperazine rings is 1. The average molecular weight is 299 g/mol. The standard InChI is InChI=1S/C17H25N5/c1-14-3-2-7-22-16(11-19-17(14)22)13-20-8-4-15(12-20)21-9-5-18-6-10-21/h2-3,7,11,15,18H,4-6,8-10,12-13H2,1H3. The highest BCUT2D eigenvalue weighted by molar-refractivity contribution is 5.48. The summed E-state index contributed by atoms with van der Waals surface area (Å²) in [7, 11) is 0. The van der Waals surface area contributed by atoms with Crippen molar-refractivity contribution in [3.05, 3.63) is 35.8 Å². The Balaban J connectivity index is 1.44. The molecule has 0 aromatic carbocycles. The minimum Gasteiger partial charge on any atom is -0.314 e. The first-order chi connectivity index (χ1) is 10.8. The maximum Gasteiger partial charge on any atom is 0.139 e. The van der Waals surface area contributed by atoms with Crippen molar-refractivity contribution in [1.29, 1.82) is 0 Å². The molecule has 2 aliphatic rings. The van der Waals surface area contributed by atoms with Gasteiger partial charge in [-0.15, -0.1) is 0 Å². The van der Waals surface area contributed by atoms with E-state index in [0.717, 1.165) is 31.3 Å². The Morgan fingerprint density at radius 1 is 1.27 bits per heavy atom. The van der Waals surface area contributed by atoms with Crippen molar-refractivity contribution in [2.75, 3.05) is 39.3 Å². The van der Waals surface area contributed by atoms with Crippen LogP contribution < -0.4 is 5.32 Å². The number of aryl methyl sites for hydroxylation is 1. The van der Waals surface area contributed by atoms with Gasteiger partial charge >= 0.3 is 0 Å². The molecule has 0 spiro atoms. The lowest BCUT2D eigenvalue weighted by molar-refractivity contribution is 0.170. The van der Waals surface area contributed by atoms with Gasteiger partial charge in [0.05, 0.1) is 11.9 Å². The molecule has 2 aromatic heterocycles. The molecular weight excluding hydrogens is 274 g/mol. The fourth-order valence-corrected chi connectivity index (χ4v) is 3.85. The Hall–Kier alpha value is -1.43. The van der Waals surface area contributed by atoms with Gasteiger partial charge in [-0.2, -0.15) is 0 Å². The van der Waals surface area contributed by atoms with Gasteiger partial charge in [0.15, 0.2) is 0 Å². The number of pyridine rings is 1. The number of rotatable bonds is 3. The molecule has 0 radical (unpaired) electrons. The molecule has 118 valence electrons. The van der Waals surface area contributed by atoms with Gasteiger partial charge in [-0.1, -0.05) is 6.07 Å². The second kappa shape index (κ2) is 5.99. The second-order valence-corrected chi connectivity index (χ2v) is 6.60. The Kier molecular flexibility index (Phi) is 3.86. The fraction of sp³-hybridized carbons (Fsp3) is 0.588. The zero-order valence-electron chi connectivity index (χ0n) is 13.3. The highest BCUT2D eigenvalue weighted by Gasteiger charge is 2.28.